The van der Waals surface area contributed by atoms with E-state index in [1.165, 1.54) is 4.90 Å². The smallest absolute Gasteiger partial charge is 0.278 e. The highest BCUT2D eigenvalue weighted by Gasteiger charge is 2.41. The third-order valence-corrected chi connectivity index (χ3v) is 4.80. The van der Waals surface area contributed by atoms with Gasteiger partial charge in [0.05, 0.1) is 18.7 Å². The highest BCUT2D eigenvalue weighted by Crippen LogP contribution is 2.33. The molecule has 0 unspecified atom stereocenters. The second kappa shape index (κ2) is 7.76. The Bertz CT molecular complexity index is 903. The molecule has 5 nitrogen and oxygen atoms in total. The molecule has 1 heterocycles. The molecule has 0 saturated heterocycles. The number of aliphatic hydroxyl groups excluding tert-OH is 1. The minimum Gasteiger partial charge on any atom is -0.395 e. The maximum absolute atomic E-state index is 13.2. The fourth-order valence-corrected chi connectivity index (χ4v) is 3.43. The van der Waals surface area contributed by atoms with Crippen molar-refractivity contribution in [3.63, 3.8) is 0 Å². The molecule has 5 heteroatoms. The van der Waals surface area contributed by atoms with Crippen LogP contribution in [0.15, 0.2) is 54.2 Å². The Morgan fingerprint density at radius 2 is 1.70 bits per heavy atom. The second-order valence-electron chi connectivity index (χ2n) is 6.87. The molecule has 0 radical (unpaired) electrons. The lowest BCUT2D eigenvalue weighted by atomic mass is 9.97. The third kappa shape index (κ3) is 3.64. The molecule has 1 aliphatic heterocycles. The van der Waals surface area contributed by atoms with Crippen LogP contribution in [0.4, 0.5) is 0 Å². The van der Waals surface area contributed by atoms with Gasteiger partial charge < -0.3 is 10.0 Å². The van der Waals surface area contributed by atoms with Gasteiger partial charge in [0.15, 0.2) is 0 Å². The van der Waals surface area contributed by atoms with E-state index in [-0.39, 0.29) is 31.5 Å². The first kappa shape index (κ1) is 18.9. The number of hydrogen-bond acceptors (Lipinski definition) is 4. The van der Waals surface area contributed by atoms with Gasteiger partial charge >= 0.3 is 0 Å². The molecule has 27 heavy (non-hydrogen) atoms. The fourth-order valence-electron chi connectivity index (χ4n) is 3.43. The number of aliphatic hydroxyl groups is 1. The number of carbonyl (C=O) groups is 2. The van der Waals surface area contributed by atoms with Crippen molar-refractivity contribution in [2.24, 2.45) is 0 Å². The van der Waals surface area contributed by atoms with Gasteiger partial charge in [-0.2, -0.15) is 0 Å². The predicted octanol–water partition coefficient (Wildman–Crippen LogP) is 2.51. The zero-order chi connectivity index (χ0) is 19.6. The number of likely N-dealkylation sites (N-methyl/N-ethyl adjacent to an activating group) is 1. The SMILES string of the molecule is Cc1ccc(C2=C(N(C)CCO)C(=O)N(Cc3ccccc3)C2=O)c(C)c1. The molecule has 0 aromatic heterocycles. The maximum atomic E-state index is 13.2. The van der Waals surface area contributed by atoms with Gasteiger partial charge in [-0.15, -0.1) is 0 Å². The average Bonchev–Trinajstić information content (AvgIpc) is 2.88. The first-order chi connectivity index (χ1) is 12.9. The number of benzene rings is 2. The van der Waals surface area contributed by atoms with Gasteiger partial charge in [-0.05, 0) is 30.5 Å². The third-order valence-electron chi connectivity index (χ3n) is 4.80. The fraction of sp³-hybridized carbons (Fsp3) is 0.273. The summed E-state index contributed by atoms with van der Waals surface area (Å²) >= 11 is 0. The lowest BCUT2D eigenvalue weighted by Gasteiger charge is -2.20. The Balaban J connectivity index is 2.07. The van der Waals surface area contributed by atoms with E-state index in [0.29, 0.717) is 11.3 Å². The van der Waals surface area contributed by atoms with Crippen molar-refractivity contribution >= 4 is 17.4 Å². The van der Waals surface area contributed by atoms with Crippen molar-refractivity contribution < 1.29 is 14.7 Å². The molecule has 0 bridgehead atoms. The normalized spacial score (nSPS) is 14.3. The second-order valence-corrected chi connectivity index (χ2v) is 6.87. The minimum absolute atomic E-state index is 0.0969. The van der Waals surface area contributed by atoms with Gasteiger partial charge in [-0.1, -0.05) is 54.1 Å². The molecule has 2 amide bonds. The summed E-state index contributed by atoms with van der Waals surface area (Å²) in [5, 5.41) is 9.32. The van der Waals surface area contributed by atoms with Gasteiger partial charge in [0.2, 0.25) is 0 Å². The van der Waals surface area contributed by atoms with Crippen LogP contribution >= 0.6 is 0 Å². The van der Waals surface area contributed by atoms with Crippen LogP contribution in [-0.2, 0) is 16.1 Å². The monoisotopic (exact) mass is 364 g/mol. The number of amides is 2. The number of carbonyl (C=O) groups excluding carboxylic acids is 2. The van der Waals surface area contributed by atoms with Gasteiger partial charge in [-0.25, -0.2) is 0 Å². The van der Waals surface area contributed by atoms with Crippen LogP contribution < -0.4 is 0 Å². The highest BCUT2D eigenvalue weighted by molar-refractivity contribution is 6.35. The molecule has 0 saturated carbocycles. The highest BCUT2D eigenvalue weighted by atomic mass is 16.3. The summed E-state index contributed by atoms with van der Waals surface area (Å²) in [5.41, 5.74) is 4.45. The zero-order valence-corrected chi connectivity index (χ0v) is 15.9. The summed E-state index contributed by atoms with van der Waals surface area (Å²) in [6.45, 7) is 4.34. The molecule has 0 spiro atoms. The summed E-state index contributed by atoms with van der Waals surface area (Å²) in [5.74, 6) is -0.620. The van der Waals surface area contributed by atoms with Crippen LogP contribution in [0.25, 0.3) is 5.57 Å². The number of hydrogen-bond donors (Lipinski definition) is 1. The van der Waals surface area contributed by atoms with Crippen LogP contribution in [0, 0.1) is 13.8 Å². The largest absolute Gasteiger partial charge is 0.395 e. The zero-order valence-electron chi connectivity index (χ0n) is 15.9. The standard InChI is InChI=1S/C22H24N2O3/c1-15-9-10-18(16(2)13-15)19-20(23(3)11-12-25)22(27)24(21(19)26)14-17-7-5-4-6-8-17/h4-10,13,25H,11-12,14H2,1-3H3. The average molecular weight is 364 g/mol. The summed E-state index contributed by atoms with van der Waals surface area (Å²) in [4.78, 5) is 29.3. The van der Waals surface area contributed by atoms with Gasteiger partial charge in [0.1, 0.15) is 5.70 Å². The van der Waals surface area contributed by atoms with Crippen molar-refractivity contribution in [2.45, 2.75) is 20.4 Å². The van der Waals surface area contributed by atoms with Crippen LogP contribution in [-0.4, -0.2) is 46.9 Å². The van der Waals surface area contributed by atoms with E-state index >= 15 is 0 Å². The molecule has 0 aliphatic carbocycles. The Hall–Kier alpha value is -2.92. The quantitative estimate of drug-likeness (QED) is 0.800. The van der Waals surface area contributed by atoms with Gasteiger partial charge in [0.25, 0.3) is 11.8 Å². The molecule has 1 aliphatic rings. The molecule has 2 aromatic carbocycles. The van der Waals surface area contributed by atoms with Gasteiger partial charge in [0, 0.05) is 13.6 Å². The van der Waals surface area contributed by atoms with E-state index in [9.17, 15) is 14.7 Å². The molecule has 0 fully saturated rings. The minimum atomic E-state index is -0.324. The van der Waals surface area contributed by atoms with Gasteiger partial charge in [-0.3, -0.25) is 14.5 Å². The molecule has 1 N–H and O–H groups in total. The molecule has 0 atom stereocenters. The maximum Gasteiger partial charge on any atom is 0.278 e. The summed E-state index contributed by atoms with van der Waals surface area (Å²) in [7, 11) is 1.73. The molecule has 140 valence electrons. The van der Waals surface area contributed by atoms with Crippen LogP contribution in [0.5, 0.6) is 0 Å². The Labute approximate surface area is 159 Å². The molecule has 2 aromatic rings. The van der Waals surface area contributed by atoms with Crippen LogP contribution in [0.1, 0.15) is 22.3 Å². The van der Waals surface area contributed by atoms with Crippen molar-refractivity contribution in [3.8, 4) is 0 Å². The van der Waals surface area contributed by atoms with E-state index in [2.05, 4.69) is 0 Å². The number of nitrogens with zero attached hydrogens (tertiary/aromatic N) is 2. The van der Waals surface area contributed by atoms with E-state index in [1.54, 1.807) is 11.9 Å². The first-order valence-corrected chi connectivity index (χ1v) is 8.98. The van der Waals surface area contributed by atoms with Crippen LogP contribution in [0.2, 0.25) is 0 Å². The van der Waals surface area contributed by atoms with Crippen molar-refractivity contribution in [1.29, 1.82) is 0 Å². The lowest BCUT2D eigenvalue weighted by Crippen LogP contribution is -2.34. The van der Waals surface area contributed by atoms with E-state index < -0.39 is 0 Å². The van der Waals surface area contributed by atoms with E-state index in [1.807, 2.05) is 62.4 Å². The number of rotatable bonds is 6. The van der Waals surface area contributed by atoms with Crippen molar-refractivity contribution in [3.05, 3.63) is 76.5 Å². The summed E-state index contributed by atoms with van der Waals surface area (Å²) in [6.07, 6.45) is 0. The Kier molecular flexibility index (Phi) is 5.42. The predicted molar refractivity (Wildman–Crippen MR) is 105 cm³/mol. The molecular weight excluding hydrogens is 340 g/mol. The van der Waals surface area contributed by atoms with E-state index in [4.69, 9.17) is 0 Å². The molecule has 3 rings (SSSR count). The van der Waals surface area contributed by atoms with Crippen molar-refractivity contribution in [2.75, 3.05) is 20.2 Å². The molecular formula is C22H24N2O3. The lowest BCUT2D eigenvalue weighted by molar-refractivity contribution is -0.138. The number of aryl methyl sites for hydroxylation is 2. The van der Waals surface area contributed by atoms with Crippen molar-refractivity contribution in [1.82, 2.24) is 9.80 Å². The number of imide groups is 1. The first-order valence-electron chi connectivity index (χ1n) is 8.98. The summed E-state index contributed by atoms with van der Waals surface area (Å²) < 4.78 is 0. The summed E-state index contributed by atoms with van der Waals surface area (Å²) in [6, 6.07) is 15.3. The Morgan fingerprint density at radius 3 is 2.33 bits per heavy atom. The topological polar surface area (TPSA) is 60.9 Å². The van der Waals surface area contributed by atoms with Crippen LogP contribution in [0.3, 0.4) is 0 Å². The van der Waals surface area contributed by atoms with E-state index in [0.717, 1.165) is 22.3 Å². The Morgan fingerprint density at radius 1 is 1.00 bits per heavy atom.